The molecule has 0 fully saturated rings. The molecule has 0 aliphatic rings. The Balaban J connectivity index is 2.21. The summed E-state index contributed by atoms with van der Waals surface area (Å²) >= 11 is 9.62. The van der Waals surface area contributed by atoms with Crippen molar-refractivity contribution in [1.29, 1.82) is 0 Å². The highest BCUT2D eigenvalue weighted by atomic mass is 79.9. The van der Waals surface area contributed by atoms with Gasteiger partial charge in [-0.2, -0.15) is 5.10 Å². The van der Waals surface area contributed by atoms with Crippen LogP contribution in [0.2, 0.25) is 5.15 Å². The lowest BCUT2D eigenvalue weighted by Crippen LogP contribution is -2.13. The molecule has 0 saturated carbocycles. The number of hydrogen-bond donors (Lipinski definition) is 1. The minimum Gasteiger partial charge on any atom is -0.324 e. The second kappa shape index (κ2) is 5.43. The van der Waals surface area contributed by atoms with Crippen LogP contribution in [-0.2, 0) is 13.5 Å². The van der Waals surface area contributed by atoms with Crippen molar-refractivity contribution in [3.63, 3.8) is 0 Å². The standard InChI is InChI=1S/C13H15BrClN3/c1-8-11(13(15)18(2)17-8)7-12(16)9-3-5-10(14)6-4-9/h3-6,12H,7,16H2,1-2H3. The monoisotopic (exact) mass is 327 g/mol. The summed E-state index contributed by atoms with van der Waals surface area (Å²) in [5, 5.41) is 4.96. The van der Waals surface area contributed by atoms with Gasteiger partial charge in [0, 0.05) is 23.1 Å². The number of aryl methyl sites for hydroxylation is 2. The van der Waals surface area contributed by atoms with E-state index in [1.54, 1.807) is 4.68 Å². The highest BCUT2D eigenvalue weighted by molar-refractivity contribution is 9.10. The fourth-order valence-electron chi connectivity index (χ4n) is 1.95. The molecule has 0 spiro atoms. The molecule has 18 heavy (non-hydrogen) atoms. The molecule has 2 rings (SSSR count). The number of nitrogens with two attached hydrogens (primary N) is 1. The zero-order valence-electron chi connectivity index (χ0n) is 10.3. The van der Waals surface area contributed by atoms with Crippen molar-refractivity contribution in [3.05, 3.63) is 50.7 Å². The van der Waals surface area contributed by atoms with Gasteiger partial charge in [-0.05, 0) is 31.0 Å². The molecule has 1 heterocycles. The predicted octanol–water partition coefficient (Wildman–Crippen LogP) is 3.39. The van der Waals surface area contributed by atoms with Gasteiger partial charge >= 0.3 is 0 Å². The maximum atomic E-state index is 6.21. The van der Waals surface area contributed by atoms with E-state index in [-0.39, 0.29) is 6.04 Å². The second-order valence-corrected chi connectivity index (χ2v) is 5.61. The van der Waals surface area contributed by atoms with E-state index in [4.69, 9.17) is 17.3 Å². The van der Waals surface area contributed by atoms with E-state index in [2.05, 4.69) is 21.0 Å². The third-order valence-corrected chi connectivity index (χ3v) is 3.99. The van der Waals surface area contributed by atoms with Crippen LogP contribution in [-0.4, -0.2) is 9.78 Å². The third-order valence-electron chi connectivity index (χ3n) is 2.99. The summed E-state index contributed by atoms with van der Waals surface area (Å²) in [5.74, 6) is 0. The molecule has 0 radical (unpaired) electrons. The lowest BCUT2D eigenvalue weighted by Gasteiger charge is -2.12. The minimum absolute atomic E-state index is 0.0708. The van der Waals surface area contributed by atoms with Crippen LogP contribution in [0.4, 0.5) is 0 Å². The van der Waals surface area contributed by atoms with Crippen molar-refractivity contribution in [2.45, 2.75) is 19.4 Å². The largest absolute Gasteiger partial charge is 0.324 e. The topological polar surface area (TPSA) is 43.8 Å². The van der Waals surface area contributed by atoms with Crippen molar-refractivity contribution in [2.75, 3.05) is 0 Å². The molecule has 0 saturated heterocycles. The Morgan fingerprint density at radius 2 is 2.00 bits per heavy atom. The molecule has 1 aromatic carbocycles. The van der Waals surface area contributed by atoms with Crippen molar-refractivity contribution >= 4 is 27.5 Å². The zero-order valence-corrected chi connectivity index (χ0v) is 12.7. The summed E-state index contributed by atoms with van der Waals surface area (Å²) < 4.78 is 2.73. The fraction of sp³-hybridized carbons (Fsp3) is 0.308. The molecule has 1 unspecified atom stereocenters. The first-order valence-electron chi connectivity index (χ1n) is 5.68. The first kappa shape index (κ1) is 13.6. The van der Waals surface area contributed by atoms with Gasteiger partial charge in [0.05, 0.1) is 5.69 Å². The van der Waals surface area contributed by atoms with Crippen LogP contribution in [0.25, 0.3) is 0 Å². The normalized spacial score (nSPS) is 12.7. The van der Waals surface area contributed by atoms with Gasteiger partial charge in [-0.25, -0.2) is 0 Å². The van der Waals surface area contributed by atoms with Gasteiger partial charge in [0.2, 0.25) is 0 Å². The summed E-state index contributed by atoms with van der Waals surface area (Å²) in [4.78, 5) is 0. The molecular weight excluding hydrogens is 314 g/mol. The first-order chi connectivity index (χ1) is 8.49. The lowest BCUT2D eigenvalue weighted by molar-refractivity contribution is 0.718. The highest BCUT2D eigenvalue weighted by Gasteiger charge is 2.15. The second-order valence-electron chi connectivity index (χ2n) is 4.34. The Morgan fingerprint density at radius 1 is 1.39 bits per heavy atom. The van der Waals surface area contributed by atoms with Gasteiger partial charge in [-0.1, -0.05) is 39.7 Å². The quantitative estimate of drug-likeness (QED) is 0.938. The summed E-state index contributed by atoms with van der Waals surface area (Å²) in [5.41, 5.74) is 9.27. The molecule has 2 N–H and O–H groups in total. The zero-order chi connectivity index (χ0) is 13.3. The van der Waals surface area contributed by atoms with Crippen molar-refractivity contribution in [3.8, 4) is 0 Å². The summed E-state index contributed by atoms with van der Waals surface area (Å²) in [6.45, 7) is 1.95. The van der Waals surface area contributed by atoms with E-state index in [9.17, 15) is 0 Å². The highest BCUT2D eigenvalue weighted by Crippen LogP contribution is 2.25. The molecule has 1 atom stereocenters. The van der Waals surface area contributed by atoms with Crippen LogP contribution in [0, 0.1) is 6.92 Å². The molecule has 0 amide bonds. The van der Waals surface area contributed by atoms with Crippen LogP contribution >= 0.6 is 27.5 Å². The van der Waals surface area contributed by atoms with E-state index in [0.29, 0.717) is 11.6 Å². The van der Waals surface area contributed by atoms with Crippen LogP contribution in [0.5, 0.6) is 0 Å². The van der Waals surface area contributed by atoms with Gasteiger partial charge in [0.1, 0.15) is 5.15 Å². The molecule has 0 aliphatic heterocycles. The van der Waals surface area contributed by atoms with Gasteiger partial charge in [0.15, 0.2) is 0 Å². The van der Waals surface area contributed by atoms with E-state index in [1.807, 2.05) is 38.2 Å². The Labute approximate surface area is 120 Å². The maximum Gasteiger partial charge on any atom is 0.130 e. The number of nitrogens with zero attached hydrogens (tertiary/aromatic N) is 2. The number of rotatable bonds is 3. The maximum absolute atomic E-state index is 6.21. The van der Waals surface area contributed by atoms with E-state index in [0.717, 1.165) is 21.3 Å². The van der Waals surface area contributed by atoms with Crippen molar-refractivity contribution < 1.29 is 0 Å². The SMILES string of the molecule is Cc1nn(C)c(Cl)c1CC(N)c1ccc(Br)cc1. The molecule has 2 aromatic rings. The Hall–Kier alpha value is -0.840. The van der Waals surface area contributed by atoms with E-state index < -0.39 is 0 Å². The predicted molar refractivity (Wildman–Crippen MR) is 77.7 cm³/mol. The van der Waals surface area contributed by atoms with Crippen LogP contribution in [0.3, 0.4) is 0 Å². The molecular formula is C13H15BrClN3. The lowest BCUT2D eigenvalue weighted by atomic mass is 10.0. The summed E-state index contributed by atoms with van der Waals surface area (Å²) in [7, 11) is 1.84. The number of aromatic nitrogens is 2. The van der Waals surface area contributed by atoms with Gasteiger partial charge in [-0.3, -0.25) is 4.68 Å². The molecule has 0 aliphatic carbocycles. The number of benzene rings is 1. The third kappa shape index (κ3) is 2.76. The molecule has 1 aromatic heterocycles. The fourth-order valence-corrected chi connectivity index (χ4v) is 2.47. The van der Waals surface area contributed by atoms with E-state index >= 15 is 0 Å². The molecule has 3 nitrogen and oxygen atoms in total. The van der Waals surface area contributed by atoms with Crippen molar-refractivity contribution in [2.24, 2.45) is 12.8 Å². The number of hydrogen-bond acceptors (Lipinski definition) is 2. The molecule has 0 bridgehead atoms. The smallest absolute Gasteiger partial charge is 0.130 e. The molecule has 5 heteroatoms. The van der Waals surface area contributed by atoms with Crippen LogP contribution < -0.4 is 5.73 Å². The Morgan fingerprint density at radius 3 is 2.50 bits per heavy atom. The van der Waals surface area contributed by atoms with Gasteiger partial charge < -0.3 is 5.73 Å². The first-order valence-corrected chi connectivity index (χ1v) is 6.85. The Bertz CT molecular complexity index is 548. The van der Waals surface area contributed by atoms with Gasteiger partial charge in [0.25, 0.3) is 0 Å². The van der Waals surface area contributed by atoms with E-state index in [1.165, 1.54) is 0 Å². The summed E-state index contributed by atoms with van der Waals surface area (Å²) in [6.07, 6.45) is 0.695. The minimum atomic E-state index is -0.0708. The van der Waals surface area contributed by atoms with Gasteiger partial charge in [-0.15, -0.1) is 0 Å². The average Bonchev–Trinajstić information content (AvgIpc) is 2.57. The summed E-state index contributed by atoms with van der Waals surface area (Å²) in [6, 6.07) is 7.96. The Kier molecular flexibility index (Phi) is 4.10. The average molecular weight is 329 g/mol. The van der Waals surface area contributed by atoms with Crippen LogP contribution in [0.1, 0.15) is 22.9 Å². The van der Waals surface area contributed by atoms with Crippen LogP contribution in [0.15, 0.2) is 28.7 Å². The molecule has 96 valence electrons. The van der Waals surface area contributed by atoms with Crippen molar-refractivity contribution in [1.82, 2.24) is 9.78 Å². The number of halogens is 2.